The number of halogens is 1. The molecule has 0 radical (unpaired) electrons. The first kappa shape index (κ1) is 18.4. The molecule has 0 saturated heterocycles. The van der Waals surface area contributed by atoms with E-state index in [4.69, 9.17) is 0 Å². The zero-order valence-corrected chi connectivity index (χ0v) is 14.3. The van der Waals surface area contributed by atoms with Gasteiger partial charge in [0, 0.05) is 12.2 Å². The molecule has 2 aromatic carbocycles. The van der Waals surface area contributed by atoms with Gasteiger partial charge in [0.1, 0.15) is 5.82 Å². The smallest absolute Gasteiger partial charge is 0.337 e. The van der Waals surface area contributed by atoms with Crippen molar-refractivity contribution in [3.05, 3.63) is 65.0 Å². The lowest BCUT2D eigenvalue weighted by atomic mass is 10.1. The van der Waals surface area contributed by atoms with E-state index in [1.54, 1.807) is 30.3 Å². The van der Waals surface area contributed by atoms with Gasteiger partial charge in [0.2, 0.25) is 5.91 Å². The van der Waals surface area contributed by atoms with Crippen LogP contribution in [0.4, 0.5) is 10.1 Å². The average Bonchev–Trinajstić information content (AvgIpc) is 2.62. The molecule has 0 fully saturated rings. The summed E-state index contributed by atoms with van der Waals surface area (Å²) >= 11 is 0. The fourth-order valence-corrected chi connectivity index (χ4v) is 2.29. The van der Waals surface area contributed by atoms with E-state index in [0.717, 1.165) is 11.1 Å². The quantitative estimate of drug-likeness (QED) is 0.758. The third-order valence-corrected chi connectivity index (χ3v) is 3.75. The van der Waals surface area contributed by atoms with Crippen LogP contribution in [-0.4, -0.2) is 32.1 Å². The molecule has 6 heteroatoms. The molecule has 0 unspecified atom stereocenters. The van der Waals surface area contributed by atoms with Crippen LogP contribution >= 0.6 is 0 Å². The number of esters is 1. The predicted molar refractivity (Wildman–Crippen MR) is 94.1 cm³/mol. The molecule has 0 aromatic heterocycles. The number of hydrogen-bond acceptors (Lipinski definition) is 4. The standard InChI is InChI=1S/C19H21FN2O3/c1-13-3-6-15(19(24)25-2)11-17(13)22-12-18(23)21-10-9-14-4-7-16(20)8-5-14/h3-8,11,22H,9-10,12H2,1-2H3,(H,21,23). The van der Waals surface area contributed by atoms with Gasteiger partial charge in [-0.05, 0) is 48.7 Å². The zero-order valence-electron chi connectivity index (χ0n) is 14.3. The number of ether oxygens (including phenoxy) is 1. The molecule has 0 aliphatic heterocycles. The Morgan fingerprint density at radius 1 is 1.12 bits per heavy atom. The number of hydrogen-bond donors (Lipinski definition) is 2. The number of carbonyl (C=O) groups is 2. The number of nitrogens with one attached hydrogen (secondary N) is 2. The highest BCUT2D eigenvalue weighted by Gasteiger charge is 2.09. The second-order valence-corrected chi connectivity index (χ2v) is 5.60. The lowest BCUT2D eigenvalue weighted by Crippen LogP contribution is -2.31. The number of benzene rings is 2. The molecule has 5 nitrogen and oxygen atoms in total. The maximum Gasteiger partial charge on any atom is 0.337 e. The van der Waals surface area contributed by atoms with Crippen molar-refractivity contribution in [1.29, 1.82) is 0 Å². The Balaban J connectivity index is 1.81. The van der Waals surface area contributed by atoms with Crippen molar-refractivity contribution in [3.8, 4) is 0 Å². The van der Waals surface area contributed by atoms with Crippen LogP contribution in [0.5, 0.6) is 0 Å². The van der Waals surface area contributed by atoms with Crippen molar-refractivity contribution in [3.63, 3.8) is 0 Å². The minimum absolute atomic E-state index is 0.0921. The molecule has 0 bridgehead atoms. The van der Waals surface area contributed by atoms with E-state index in [1.807, 2.05) is 6.92 Å². The normalized spacial score (nSPS) is 10.2. The highest BCUT2D eigenvalue weighted by atomic mass is 19.1. The van der Waals surface area contributed by atoms with Gasteiger partial charge in [-0.1, -0.05) is 18.2 Å². The molecule has 0 atom stereocenters. The lowest BCUT2D eigenvalue weighted by Gasteiger charge is -2.11. The number of methoxy groups -OCH3 is 1. The van der Waals surface area contributed by atoms with Crippen molar-refractivity contribution in [1.82, 2.24) is 5.32 Å². The third kappa shape index (κ3) is 5.60. The number of aryl methyl sites for hydroxylation is 1. The van der Waals surface area contributed by atoms with Gasteiger partial charge >= 0.3 is 5.97 Å². The Morgan fingerprint density at radius 2 is 1.84 bits per heavy atom. The second-order valence-electron chi connectivity index (χ2n) is 5.60. The topological polar surface area (TPSA) is 67.4 Å². The molecule has 2 aromatic rings. The summed E-state index contributed by atoms with van der Waals surface area (Å²) in [6.07, 6.45) is 0.628. The molecule has 1 amide bonds. The molecule has 25 heavy (non-hydrogen) atoms. The molecular formula is C19H21FN2O3. The van der Waals surface area contributed by atoms with Gasteiger partial charge in [-0.2, -0.15) is 0 Å². The van der Waals surface area contributed by atoms with Gasteiger partial charge in [0.15, 0.2) is 0 Å². The van der Waals surface area contributed by atoms with Crippen molar-refractivity contribution >= 4 is 17.6 Å². The minimum atomic E-state index is -0.424. The Bertz CT molecular complexity index is 745. The van der Waals surface area contributed by atoms with Gasteiger partial charge < -0.3 is 15.4 Å². The Kier molecular flexibility index (Phi) is 6.51. The first-order chi connectivity index (χ1) is 12.0. The Labute approximate surface area is 146 Å². The summed E-state index contributed by atoms with van der Waals surface area (Å²) in [5.41, 5.74) is 3.01. The van der Waals surface area contributed by atoms with Gasteiger partial charge in [0.25, 0.3) is 0 Å². The first-order valence-corrected chi connectivity index (χ1v) is 7.93. The highest BCUT2D eigenvalue weighted by molar-refractivity contribution is 5.91. The molecule has 0 aliphatic rings. The van der Waals surface area contributed by atoms with Crippen molar-refractivity contribution in [2.75, 3.05) is 25.5 Å². The van der Waals surface area contributed by atoms with Crippen molar-refractivity contribution < 1.29 is 18.7 Å². The fourth-order valence-electron chi connectivity index (χ4n) is 2.29. The van der Waals surface area contributed by atoms with Crippen LogP contribution < -0.4 is 10.6 Å². The van der Waals surface area contributed by atoms with Crippen LogP contribution in [0.3, 0.4) is 0 Å². The third-order valence-electron chi connectivity index (χ3n) is 3.75. The summed E-state index contributed by atoms with van der Waals surface area (Å²) in [6.45, 7) is 2.44. The van der Waals surface area contributed by atoms with E-state index >= 15 is 0 Å². The number of amides is 1. The summed E-state index contributed by atoms with van der Waals surface area (Å²) in [4.78, 5) is 23.5. The molecule has 132 valence electrons. The molecule has 0 heterocycles. The lowest BCUT2D eigenvalue weighted by molar-refractivity contribution is -0.119. The summed E-state index contributed by atoms with van der Waals surface area (Å²) in [6, 6.07) is 11.3. The number of rotatable bonds is 7. The average molecular weight is 344 g/mol. The van der Waals surface area contributed by atoms with Gasteiger partial charge in [-0.25, -0.2) is 9.18 Å². The highest BCUT2D eigenvalue weighted by Crippen LogP contribution is 2.17. The maximum atomic E-state index is 12.8. The minimum Gasteiger partial charge on any atom is -0.465 e. The number of carbonyl (C=O) groups excluding carboxylic acids is 2. The summed E-state index contributed by atoms with van der Waals surface area (Å²) in [5.74, 6) is -0.863. The zero-order chi connectivity index (χ0) is 18.2. The SMILES string of the molecule is COC(=O)c1ccc(C)c(NCC(=O)NCCc2ccc(F)cc2)c1. The van der Waals surface area contributed by atoms with E-state index in [0.29, 0.717) is 24.2 Å². The first-order valence-electron chi connectivity index (χ1n) is 7.93. The van der Waals surface area contributed by atoms with E-state index < -0.39 is 5.97 Å². The van der Waals surface area contributed by atoms with E-state index in [-0.39, 0.29) is 18.3 Å². The second kappa shape index (κ2) is 8.82. The molecule has 0 spiro atoms. The molecule has 0 saturated carbocycles. The van der Waals surface area contributed by atoms with Gasteiger partial charge in [-0.15, -0.1) is 0 Å². The van der Waals surface area contributed by atoms with Crippen molar-refractivity contribution in [2.24, 2.45) is 0 Å². The monoisotopic (exact) mass is 344 g/mol. The van der Waals surface area contributed by atoms with E-state index in [9.17, 15) is 14.0 Å². The van der Waals surface area contributed by atoms with Crippen LogP contribution in [0.2, 0.25) is 0 Å². The number of anilines is 1. The Hall–Kier alpha value is -2.89. The summed E-state index contributed by atoms with van der Waals surface area (Å²) in [7, 11) is 1.32. The fraction of sp³-hybridized carbons (Fsp3) is 0.263. The van der Waals surface area contributed by atoms with Crippen LogP contribution in [0.1, 0.15) is 21.5 Å². The summed E-state index contributed by atoms with van der Waals surface area (Å²) < 4.78 is 17.5. The van der Waals surface area contributed by atoms with E-state index in [1.165, 1.54) is 19.2 Å². The molecular weight excluding hydrogens is 323 g/mol. The molecule has 0 aliphatic carbocycles. The van der Waals surface area contributed by atoms with E-state index in [2.05, 4.69) is 15.4 Å². The molecule has 2 N–H and O–H groups in total. The van der Waals surface area contributed by atoms with Crippen molar-refractivity contribution in [2.45, 2.75) is 13.3 Å². The maximum absolute atomic E-state index is 12.8. The predicted octanol–water partition coefficient (Wildman–Crippen LogP) is 2.69. The van der Waals surface area contributed by atoms with Crippen LogP contribution in [0.25, 0.3) is 0 Å². The van der Waals surface area contributed by atoms with Gasteiger partial charge in [-0.3, -0.25) is 4.79 Å². The molecule has 2 rings (SSSR count). The Morgan fingerprint density at radius 3 is 2.52 bits per heavy atom. The largest absolute Gasteiger partial charge is 0.465 e. The van der Waals surface area contributed by atoms with Crippen LogP contribution in [-0.2, 0) is 16.0 Å². The van der Waals surface area contributed by atoms with Crippen LogP contribution in [0.15, 0.2) is 42.5 Å². The summed E-state index contributed by atoms with van der Waals surface area (Å²) in [5, 5.41) is 5.82. The van der Waals surface area contributed by atoms with Gasteiger partial charge in [0.05, 0.1) is 19.2 Å². The van der Waals surface area contributed by atoms with Crippen LogP contribution in [0, 0.1) is 12.7 Å².